The van der Waals surface area contributed by atoms with Gasteiger partial charge in [-0.1, -0.05) is 23.7 Å². The zero-order valence-electron chi connectivity index (χ0n) is 17.4. The Balaban J connectivity index is 1.53. The number of hydrogen-bond donors (Lipinski definition) is 2. The average molecular weight is 473 g/mol. The molecule has 0 saturated heterocycles. The van der Waals surface area contributed by atoms with Gasteiger partial charge in [0.25, 0.3) is 0 Å². The molecule has 0 unspecified atom stereocenters. The van der Waals surface area contributed by atoms with Gasteiger partial charge in [-0.05, 0) is 48.4 Å². The highest BCUT2D eigenvalue weighted by molar-refractivity contribution is 8.00. The number of halogens is 1. The predicted octanol–water partition coefficient (Wildman–Crippen LogP) is 5.01. The number of anilines is 2. The number of nitrogens with one attached hydrogen (secondary N) is 2. The Morgan fingerprint density at radius 3 is 2.34 bits per heavy atom. The van der Waals surface area contributed by atoms with Gasteiger partial charge in [-0.3, -0.25) is 9.59 Å². The number of rotatable bonds is 8. The summed E-state index contributed by atoms with van der Waals surface area (Å²) in [6, 6.07) is 12.1. The minimum absolute atomic E-state index is 0.0324. The van der Waals surface area contributed by atoms with Crippen LogP contribution in [0.15, 0.2) is 59.4 Å². The van der Waals surface area contributed by atoms with Gasteiger partial charge in [-0.25, -0.2) is 4.79 Å². The number of carbonyl (C=O) groups is 3. The number of aryl methyl sites for hydroxylation is 1. The summed E-state index contributed by atoms with van der Waals surface area (Å²) in [4.78, 5) is 36.5. The Morgan fingerprint density at radius 2 is 1.69 bits per heavy atom. The van der Waals surface area contributed by atoms with Crippen LogP contribution in [0.3, 0.4) is 0 Å². The molecule has 2 aromatic carbocycles. The van der Waals surface area contributed by atoms with Crippen molar-refractivity contribution in [3.05, 3.63) is 71.1 Å². The van der Waals surface area contributed by atoms with E-state index in [2.05, 4.69) is 10.6 Å². The number of ether oxygens (including phenoxy) is 1. The molecule has 0 radical (unpaired) electrons. The molecule has 7 nitrogen and oxygen atoms in total. The Bertz CT molecular complexity index is 1130. The number of thioether (sulfide) groups is 1. The highest BCUT2D eigenvalue weighted by atomic mass is 35.5. The first-order valence-electron chi connectivity index (χ1n) is 9.56. The van der Waals surface area contributed by atoms with Crippen LogP contribution in [0, 0.1) is 6.92 Å². The minimum Gasteiger partial charge on any atom is -0.472 e. The molecule has 1 heterocycles. The molecular formula is C23H21ClN2O5S. The second-order valence-corrected chi connectivity index (χ2v) is 8.23. The summed E-state index contributed by atoms with van der Waals surface area (Å²) in [5.74, 6) is -1.06. The van der Waals surface area contributed by atoms with Gasteiger partial charge in [-0.2, -0.15) is 0 Å². The third-order valence-corrected chi connectivity index (χ3v) is 5.66. The average Bonchev–Trinajstić information content (AvgIpc) is 3.31. The number of hydrogen-bond acceptors (Lipinski definition) is 6. The second kappa shape index (κ2) is 10.9. The van der Waals surface area contributed by atoms with Crippen LogP contribution < -0.4 is 10.6 Å². The van der Waals surface area contributed by atoms with Crippen LogP contribution in [-0.4, -0.2) is 36.4 Å². The van der Waals surface area contributed by atoms with Gasteiger partial charge >= 0.3 is 5.97 Å². The van der Waals surface area contributed by atoms with E-state index in [1.54, 1.807) is 18.6 Å². The fraction of sp³-hybridized carbons (Fsp3) is 0.174. The number of amides is 2. The summed E-state index contributed by atoms with van der Waals surface area (Å²) in [6.45, 7) is 1.90. The summed E-state index contributed by atoms with van der Waals surface area (Å²) in [5, 5.41) is 5.87. The van der Waals surface area contributed by atoms with Crippen molar-refractivity contribution in [2.24, 2.45) is 0 Å². The lowest BCUT2D eigenvalue weighted by Gasteiger charge is -2.11. The van der Waals surface area contributed by atoms with Crippen LogP contribution in [0.4, 0.5) is 11.4 Å². The van der Waals surface area contributed by atoms with Crippen molar-refractivity contribution < 1.29 is 23.5 Å². The minimum atomic E-state index is -0.608. The SMILES string of the molecule is COC(=O)c1cc(Cl)ccc1NC(=O)CSCC(=O)Nc1cc(-c2ccoc2)ccc1C. The van der Waals surface area contributed by atoms with Gasteiger partial charge in [0, 0.05) is 16.3 Å². The van der Waals surface area contributed by atoms with Crippen molar-refractivity contribution in [1.29, 1.82) is 0 Å². The first kappa shape index (κ1) is 23.4. The maximum absolute atomic E-state index is 12.4. The molecule has 1 aromatic heterocycles. The first-order chi connectivity index (χ1) is 15.4. The van der Waals surface area contributed by atoms with Crippen molar-refractivity contribution >= 4 is 52.5 Å². The molecule has 0 aliphatic heterocycles. The van der Waals surface area contributed by atoms with E-state index in [1.165, 1.54) is 19.2 Å². The lowest BCUT2D eigenvalue weighted by Crippen LogP contribution is -2.20. The van der Waals surface area contributed by atoms with E-state index in [0.717, 1.165) is 28.5 Å². The summed E-state index contributed by atoms with van der Waals surface area (Å²) in [6.07, 6.45) is 3.23. The van der Waals surface area contributed by atoms with Gasteiger partial charge < -0.3 is 19.8 Å². The van der Waals surface area contributed by atoms with Crippen molar-refractivity contribution in [3.63, 3.8) is 0 Å². The Kier molecular flexibility index (Phi) is 7.97. The molecule has 0 fully saturated rings. The highest BCUT2D eigenvalue weighted by Gasteiger charge is 2.15. The quantitative estimate of drug-likeness (QED) is 0.447. The standard InChI is InChI=1S/C23H21ClN2O5S/c1-14-3-4-15(16-7-8-31-11-16)9-20(14)26-22(28)13-32-12-21(27)25-19-6-5-17(24)10-18(19)23(29)30-2/h3-11H,12-13H2,1-2H3,(H,25,27)(H,26,28). The zero-order valence-corrected chi connectivity index (χ0v) is 19.0. The molecule has 166 valence electrons. The molecule has 0 aliphatic rings. The zero-order chi connectivity index (χ0) is 23.1. The maximum atomic E-state index is 12.4. The van der Waals surface area contributed by atoms with Crippen LogP contribution in [0.5, 0.6) is 0 Å². The molecular weight excluding hydrogens is 452 g/mol. The monoisotopic (exact) mass is 472 g/mol. The molecule has 32 heavy (non-hydrogen) atoms. The van der Waals surface area contributed by atoms with E-state index in [-0.39, 0.29) is 28.9 Å². The van der Waals surface area contributed by atoms with E-state index in [9.17, 15) is 14.4 Å². The molecule has 0 saturated carbocycles. The maximum Gasteiger partial charge on any atom is 0.340 e. The van der Waals surface area contributed by atoms with E-state index in [1.807, 2.05) is 31.2 Å². The first-order valence-corrected chi connectivity index (χ1v) is 11.1. The number of esters is 1. The molecule has 0 spiro atoms. The smallest absolute Gasteiger partial charge is 0.340 e. The Morgan fingerprint density at radius 1 is 0.969 bits per heavy atom. The van der Waals surface area contributed by atoms with Crippen LogP contribution in [0.25, 0.3) is 11.1 Å². The lowest BCUT2D eigenvalue weighted by atomic mass is 10.1. The van der Waals surface area contributed by atoms with Gasteiger partial charge in [0.15, 0.2) is 0 Å². The van der Waals surface area contributed by atoms with Crippen LogP contribution in [-0.2, 0) is 14.3 Å². The number of furan rings is 1. The molecule has 3 aromatic rings. The third kappa shape index (κ3) is 6.15. The van der Waals surface area contributed by atoms with Crippen molar-refractivity contribution in [2.45, 2.75) is 6.92 Å². The van der Waals surface area contributed by atoms with Crippen molar-refractivity contribution in [2.75, 3.05) is 29.2 Å². The second-order valence-electron chi connectivity index (χ2n) is 6.81. The lowest BCUT2D eigenvalue weighted by molar-refractivity contribution is -0.114. The van der Waals surface area contributed by atoms with Gasteiger partial charge in [-0.15, -0.1) is 11.8 Å². The van der Waals surface area contributed by atoms with Crippen LogP contribution in [0.2, 0.25) is 5.02 Å². The van der Waals surface area contributed by atoms with Gasteiger partial charge in [0.2, 0.25) is 11.8 Å². The molecule has 3 rings (SSSR count). The number of benzene rings is 2. The predicted molar refractivity (Wildman–Crippen MR) is 126 cm³/mol. The third-order valence-electron chi connectivity index (χ3n) is 4.49. The highest BCUT2D eigenvalue weighted by Crippen LogP contribution is 2.26. The fourth-order valence-electron chi connectivity index (χ4n) is 2.88. The van der Waals surface area contributed by atoms with E-state index < -0.39 is 5.97 Å². The summed E-state index contributed by atoms with van der Waals surface area (Å²) in [7, 11) is 1.25. The van der Waals surface area contributed by atoms with E-state index in [0.29, 0.717) is 16.4 Å². The summed E-state index contributed by atoms with van der Waals surface area (Å²) in [5.41, 5.74) is 3.91. The summed E-state index contributed by atoms with van der Waals surface area (Å²) < 4.78 is 9.82. The summed E-state index contributed by atoms with van der Waals surface area (Å²) >= 11 is 7.07. The van der Waals surface area contributed by atoms with Crippen LogP contribution >= 0.6 is 23.4 Å². The largest absolute Gasteiger partial charge is 0.472 e. The molecule has 0 bridgehead atoms. The van der Waals surface area contributed by atoms with Crippen LogP contribution in [0.1, 0.15) is 15.9 Å². The van der Waals surface area contributed by atoms with Crippen molar-refractivity contribution in [3.8, 4) is 11.1 Å². The Hall–Kier alpha value is -3.23. The van der Waals surface area contributed by atoms with Gasteiger partial charge in [0.05, 0.1) is 42.4 Å². The normalized spacial score (nSPS) is 10.5. The van der Waals surface area contributed by atoms with E-state index in [4.69, 9.17) is 20.8 Å². The molecule has 2 amide bonds. The topological polar surface area (TPSA) is 97.6 Å². The Labute approximate surface area is 194 Å². The van der Waals surface area contributed by atoms with Crippen molar-refractivity contribution in [1.82, 2.24) is 0 Å². The molecule has 2 N–H and O–H groups in total. The molecule has 0 atom stereocenters. The van der Waals surface area contributed by atoms with E-state index >= 15 is 0 Å². The fourth-order valence-corrected chi connectivity index (χ4v) is 3.67. The molecule has 0 aliphatic carbocycles. The number of carbonyl (C=O) groups excluding carboxylic acids is 3. The molecule has 9 heteroatoms. The van der Waals surface area contributed by atoms with Gasteiger partial charge in [0.1, 0.15) is 0 Å². The number of methoxy groups -OCH3 is 1.